The third-order valence-electron chi connectivity index (χ3n) is 3.09. The highest BCUT2D eigenvalue weighted by Gasteiger charge is 2.24. The molecule has 1 aliphatic heterocycles. The molecule has 0 saturated heterocycles. The fraction of sp³-hybridized carbons (Fsp3) is 0.357. The van der Waals surface area contributed by atoms with Crippen LogP contribution in [0.1, 0.15) is 24.6 Å². The van der Waals surface area contributed by atoms with Crippen molar-refractivity contribution in [2.24, 2.45) is 0 Å². The number of aromatic nitrogens is 1. The lowest BCUT2D eigenvalue weighted by molar-refractivity contribution is 0.297. The molecule has 1 aliphatic rings. The van der Waals surface area contributed by atoms with Gasteiger partial charge in [-0.3, -0.25) is 0 Å². The van der Waals surface area contributed by atoms with E-state index in [9.17, 15) is 0 Å². The van der Waals surface area contributed by atoms with Gasteiger partial charge in [-0.05, 0) is 25.1 Å². The predicted molar refractivity (Wildman–Crippen MR) is 68.3 cm³/mol. The highest BCUT2D eigenvalue weighted by molar-refractivity contribution is 5.70. The van der Waals surface area contributed by atoms with Crippen LogP contribution in [0.4, 0.5) is 0 Å². The summed E-state index contributed by atoms with van der Waals surface area (Å²) < 4.78 is 11.2. The van der Waals surface area contributed by atoms with Gasteiger partial charge in [0.15, 0.2) is 5.76 Å². The van der Waals surface area contributed by atoms with Gasteiger partial charge in [0.25, 0.3) is 0 Å². The van der Waals surface area contributed by atoms with Crippen molar-refractivity contribution in [3.8, 4) is 17.1 Å². The van der Waals surface area contributed by atoms with Crippen molar-refractivity contribution in [2.75, 3.05) is 6.54 Å². The van der Waals surface area contributed by atoms with Crippen molar-refractivity contribution >= 4 is 0 Å². The van der Waals surface area contributed by atoms with Gasteiger partial charge in [0.1, 0.15) is 18.1 Å². The maximum Gasteiger partial charge on any atom is 0.177 e. The molecule has 0 fully saturated rings. The van der Waals surface area contributed by atoms with E-state index in [1.807, 2.05) is 24.3 Å². The van der Waals surface area contributed by atoms with Crippen LogP contribution in [-0.2, 0) is 13.2 Å². The molecule has 0 radical (unpaired) electrons. The van der Waals surface area contributed by atoms with E-state index in [0.29, 0.717) is 6.61 Å². The molecule has 2 aromatic rings. The molecule has 0 spiro atoms. The van der Waals surface area contributed by atoms with Gasteiger partial charge in [0, 0.05) is 6.54 Å². The summed E-state index contributed by atoms with van der Waals surface area (Å²) in [7, 11) is 0. The van der Waals surface area contributed by atoms with E-state index < -0.39 is 0 Å². The number of hydrogen-bond donors (Lipinski definition) is 1. The molecule has 3 rings (SSSR count). The monoisotopic (exact) mass is 244 g/mol. The van der Waals surface area contributed by atoms with Crippen LogP contribution < -0.4 is 10.1 Å². The van der Waals surface area contributed by atoms with Crippen molar-refractivity contribution in [2.45, 2.75) is 26.5 Å². The molecule has 0 aliphatic carbocycles. The van der Waals surface area contributed by atoms with Crippen LogP contribution in [-0.4, -0.2) is 11.7 Å². The second kappa shape index (κ2) is 4.82. The molecule has 4 nitrogen and oxygen atoms in total. The van der Waals surface area contributed by atoms with E-state index in [2.05, 4.69) is 17.4 Å². The summed E-state index contributed by atoms with van der Waals surface area (Å²) in [5.74, 6) is 1.72. The number of nitrogens with one attached hydrogen (secondary N) is 1. The van der Waals surface area contributed by atoms with Crippen LogP contribution in [0.2, 0.25) is 0 Å². The zero-order chi connectivity index (χ0) is 12.4. The molecular weight excluding hydrogens is 228 g/mol. The van der Waals surface area contributed by atoms with Gasteiger partial charge >= 0.3 is 0 Å². The molecule has 0 bridgehead atoms. The fourth-order valence-electron chi connectivity index (χ4n) is 2.16. The summed E-state index contributed by atoms with van der Waals surface area (Å²) in [5, 5.41) is 7.48. The highest BCUT2D eigenvalue weighted by Crippen LogP contribution is 2.38. The van der Waals surface area contributed by atoms with Crippen LogP contribution in [0.3, 0.4) is 0 Å². The number of para-hydroxylation sites is 1. The van der Waals surface area contributed by atoms with Crippen molar-refractivity contribution in [3.05, 3.63) is 35.5 Å². The molecule has 0 saturated carbocycles. The van der Waals surface area contributed by atoms with Crippen molar-refractivity contribution in [3.63, 3.8) is 0 Å². The number of fused-ring (bicyclic) bond motifs is 3. The highest BCUT2D eigenvalue weighted by atomic mass is 16.5. The maximum absolute atomic E-state index is 5.73. The fourth-order valence-corrected chi connectivity index (χ4v) is 2.16. The number of benzene rings is 1. The SMILES string of the molecule is CCCNCc1noc2c1COc1ccccc1-2. The average molecular weight is 244 g/mol. The first-order valence-electron chi connectivity index (χ1n) is 6.30. The van der Waals surface area contributed by atoms with Crippen molar-refractivity contribution < 1.29 is 9.26 Å². The Morgan fingerprint density at radius 1 is 1.33 bits per heavy atom. The third-order valence-corrected chi connectivity index (χ3v) is 3.09. The summed E-state index contributed by atoms with van der Waals surface area (Å²) in [6.07, 6.45) is 1.11. The van der Waals surface area contributed by atoms with Crippen LogP contribution in [0, 0.1) is 0 Å². The largest absolute Gasteiger partial charge is 0.488 e. The minimum Gasteiger partial charge on any atom is -0.488 e. The molecule has 0 atom stereocenters. The third kappa shape index (κ3) is 1.88. The van der Waals surface area contributed by atoms with Gasteiger partial charge in [-0.1, -0.05) is 24.2 Å². The predicted octanol–water partition coefficient (Wildman–Crippen LogP) is 2.73. The summed E-state index contributed by atoms with van der Waals surface area (Å²) in [6.45, 7) is 4.40. The number of rotatable bonds is 4. The molecule has 1 aromatic heterocycles. The standard InChI is InChI=1S/C14H16N2O2/c1-2-7-15-8-12-11-9-17-13-6-4-3-5-10(13)14(11)18-16-12/h3-6,15H,2,7-9H2,1H3. The Labute approximate surface area is 106 Å². The quantitative estimate of drug-likeness (QED) is 0.840. The van der Waals surface area contributed by atoms with Gasteiger partial charge in [-0.2, -0.15) is 0 Å². The van der Waals surface area contributed by atoms with E-state index in [4.69, 9.17) is 9.26 Å². The lowest BCUT2D eigenvalue weighted by Crippen LogP contribution is -2.16. The van der Waals surface area contributed by atoms with Crippen LogP contribution in [0.5, 0.6) is 5.75 Å². The number of nitrogens with zero attached hydrogens (tertiary/aromatic N) is 1. The van der Waals surface area contributed by atoms with E-state index >= 15 is 0 Å². The summed E-state index contributed by atoms with van der Waals surface area (Å²) in [4.78, 5) is 0. The summed E-state index contributed by atoms with van der Waals surface area (Å²) >= 11 is 0. The topological polar surface area (TPSA) is 47.3 Å². The summed E-state index contributed by atoms with van der Waals surface area (Å²) in [5.41, 5.74) is 3.01. The lowest BCUT2D eigenvalue weighted by atomic mass is 10.0. The van der Waals surface area contributed by atoms with Crippen molar-refractivity contribution in [1.82, 2.24) is 10.5 Å². The molecule has 0 unspecified atom stereocenters. The zero-order valence-electron chi connectivity index (χ0n) is 10.4. The Bertz CT molecular complexity index is 548. The minimum absolute atomic E-state index is 0.541. The number of ether oxygens (including phenoxy) is 1. The first-order valence-corrected chi connectivity index (χ1v) is 6.30. The van der Waals surface area contributed by atoms with Gasteiger partial charge in [-0.25, -0.2) is 0 Å². The molecule has 1 aromatic carbocycles. The molecule has 4 heteroatoms. The Kier molecular flexibility index (Phi) is 3.02. The van der Waals surface area contributed by atoms with Crippen LogP contribution >= 0.6 is 0 Å². The lowest BCUT2D eigenvalue weighted by Gasteiger charge is -2.16. The van der Waals surface area contributed by atoms with Crippen LogP contribution in [0.15, 0.2) is 28.8 Å². The average Bonchev–Trinajstić information content (AvgIpc) is 2.83. The van der Waals surface area contributed by atoms with Crippen molar-refractivity contribution in [1.29, 1.82) is 0 Å². The van der Waals surface area contributed by atoms with Gasteiger partial charge in [0.2, 0.25) is 0 Å². The summed E-state index contributed by atoms with van der Waals surface area (Å²) in [6, 6.07) is 7.90. The first-order chi connectivity index (χ1) is 8.90. The van der Waals surface area contributed by atoms with Gasteiger partial charge in [-0.15, -0.1) is 0 Å². The smallest absolute Gasteiger partial charge is 0.177 e. The Morgan fingerprint density at radius 3 is 3.11 bits per heavy atom. The van der Waals surface area contributed by atoms with Crippen LogP contribution in [0.25, 0.3) is 11.3 Å². The Morgan fingerprint density at radius 2 is 2.22 bits per heavy atom. The first kappa shape index (κ1) is 11.3. The Balaban J connectivity index is 1.90. The zero-order valence-corrected chi connectivity index (χ0v) is 10.4. The Hall–Kier alpha value is -1.81. The molecule has 94 valence electrons. The van der Waals surface area contributed by atoms with E-state index in [1.54, 1.807) is 0 Å². The van der Waals surface area contributed by atoms with Gasteiger partial charge < -0.3 is 14.6 Å². The second-order valence-electron chi connectivity index (χ2n) is 4.40. The molecule has 18 heavy (non-hydrogen) atoms. The molecular formula is C14H16N2O2. The minimum atomic E-state index is 0.541. The normalized spacial score (nSPS) is 12.7. The molecule has 2 heterocycles. The molecule has 1 N–H and O–H groups in total. The maximum atomic E-state index is 5.73. The van der Waals surface area contributed by atoms with E-state index in [-0.39, 0.29) is 0 Å². The van der Waals surface area contributed by atoms with E-state index in [0.717, 1.165) is 47.8 Å². The molecule has 0 amide bonds. The van der Waals surface area contributed by atoms with Gasteiger partial charge in [0.05, 0.1) is 11.1 Å². The van der Waals surface area contributed by atoms with E-state index in [1.165, 1.54) is 0 Å². The number of hydrogen-bond acceptors (Lipinski definition) is 4. The second-order valence-corrected chi connectivity index (χ2v) is 4.40.